The number of carbonyl (C=O) groups excluding carboxylic acids is 1. The Kier molecular flexibility index (Phi) is 2.86. The lowest BCUT2D eigenvalue weighted by Gasteiger charge is -2.31. The number of ketones is 1. The normalized spacial score (nSPS) is 20.6. The first-order chi connectivity index (χ1) is 7.72. The molecule has 2 heterocycles. The summed E-state index contributed by atoms with van der Waals surface area (Å²) in [4.78, 5) is 17.7. The minimum Gasteiger partial charge on any atom is -0.354 e. The lowest BCUT2D eigenvalue weighted by Crippen LogP contribution is -2.40. The van der Waals surface area contributed by atoms with E-state index in [4.69, 9.17) is 5.26 Å². The SMILES string of the molecule is CC1CN(c2ncccc2C#N)CCC1=O. The van der Waals surface area contributed by atoms with E-state index in [2.05, 4.69) is 11.1 Å². The maximum Gasteiger partial charge on any atom is 0.146 e. The van der Waals surface area contributed by atoms with E-state index < -0.39 is 0 Å². The number of hydrogen-bond acceptors (Lipinski definition) is 4. The number of nitriles is 1. The van der Waals surface area contributed by atoms with Crippen LogP contribution in [0.15, 0.2) is 18.3 Å². The summed E-state index contributed by atoms with van der Waals surface area (Å²) in [5, 5.41) is 8.98. The van der Waals surface area contributed by atoms with Crippen molar-refractivity contribution in [2.24, 2.45) is 5.92 Å². The van der Waals surface area contributed by atoms with E-state index in [-0.39, 0.29) is 5.92 Å². The highest BCUT2D eigenvalue weighted by Gasteiger charge is 2.25. The van der Waals surface area contributed by atoms with Crippen LogP contribution in [-0.2, 0) is 4.79 Å². The molecule has 0 radical (unpaired) electrons. The molecule has 82 valence electrons. The Balaban J connectivity index is 2.25. The van der Waals surface area contributed by atoms with Crippen LogP contribution in [0.2, 0.25) is 0 Å². The molecule has 1 aromatic heterocycles. The van der Waals surface area contributed by atoms with Crippen LogP contribution >= 0.6 is 0 Å². The molecule has 4 nitrogen and oxygen atoms in total. The topological polar surface area (TPSA) is 57.0 Å². The summed E-state index contributed by atoms with van der Waals surface area (Å²) in [6.45, 7) is 3.24. The van der Waals surface area contributed by atoms with Crippen LogP contribution < -0.4 is 4.90 Å². The quantitative estimate of drug-likeness (QED) is 0.710. The largest absolute Gasteiger partial charge is 0.354 e. The summed E-state index contributed by atoms with van der Waals surface area (Å²) in [5.41, 5.74) is 0.573. The molecule has 0 amide bonds. The first-order valence-corrected chi connectivity index (χ1v) is 5.35. The van der Waals surface area contributed by atoms with Gasteiger partial charge in [0.2, 0.25) is 0 Å². The van der Waals surface area contributed by atoms with Crippen molar-refractivity contribution in [1.82, 2.24) is 4.98 Å². The zero-order chi connectivity index (χ0) is 11.5. The van der Waals surface area contributed by atoms with Crippen molar-refractivity contribution in [3.05, 3.63) is 23.9 Å². The van der Waals surface area contributed by atoms with Crippen LogP contribution in [0.5, 0.6) is 0 Å². The molecule has 0 spiro atoms. The van der Waals surface area contributed by atoms with Gasteiger partial charge in [-0.15, -0.1) is 0 Å². The third-order valence-corrected chi connectivity index (χ3v) is 2.88. The van der Waals surface area contributed by atoms with Crippen molar-refractivity contribution in [3.8, 4) is 6.07 Å². The second-order valence-electron chi connectivity index (χ2n) is 4.05. The molecule has 0 saturated carbocycles. The maximum atomic E-state index is 11.4. The summed E-state index contributed by atoms with van der Waals surface area (Å²) in [6.07, 6.45) is 2.22. The number of pyridine rings is 1. The molecule has 1 aromatic rings. The van der Waals surface area contributed by atoms with E-state index in [1.165, 1.54) is 0 Å². The van der Waals surface area contributed by atoms with Crippen LogP contribution in [-0.4, -0.2) is 23.9 Å². The Morgan fingerprint density at radius 2 is 2.44 bits per heavy atom. The van der Waals surface area contributed by atoms with E-state index in [9.17, 15) is 4.79 Å². The third-order valence-electron chi connectivity index (χ3n) is 2.88. The average molecular weight is 215 g/mol. The third kappa shape index (κ3) is 1.89. The van der Waals surface area contributed by atoms with E-state index in [0.717, 1.165) is 0 Å². The summed E-state index contributed by atoms with van der Waals surface area (Å²) >= 11 is 0. The molecule has 1 saturated heterocycles. The van der Waals surface area contributed by atoms with E-state index in [1.54, 1.807) is 18.3 Å². The number of anilines is 1. The second kappa shape index (κ2) is 4.31. The van der Waals surface area contributed by atoms with Crippen molar-refractivity contribution in [1.29, 1.82) is 5.26 Å². The van der Waals surface area contributed by atoms with Gasteiger partial charge in [-0.1, -0.05) is 6.92 Å². The van der Waals surface area contributed by atoms with Crippen LogP contribution in [0.4, 0.5) is 5.82 Å². The van der Waals surface area contributed by atoms with Crippen molar-refractivity contribution < 1.29 is 4.79 Å². The van der Waals surface area contributed by atoms with Crippen LogP contribution in [0.25, 0.3) is 0 Å². The molecule has 16 heavy (non-hydrogen) atoms. The van der Waals surface area contributed by atoms with Crippen LogP contribution in [0.3, 0.4) is 0 Å². The fourth-order valence-electron chi connectivity index (χ4n) is 1.94. The molecule has 1 aliphatic heterocycles. The smallest absolute Gasteiger partial charge is 0.146 e. The van der Waals surface area contributed by atoms with Gasteiger partial charge in [0, 0.05) is 31.6 Å². The molecule has 4 heteroatoms. The van der Waals surface area contributed by atoms with E-state index in [0.29, 0.717) is 36.7 Å². The first kappa shape index (κ1) is 10.6. The molecular weight excluding hydrogens is 202 g/mol. The second-order valence-corrected chi connectivity index (χ2v) is 4.05. The number of rotatable bonds is 1. The van der Waals surface area contributed by atoms with Crippen LogP contribution in [0, 0.1) is 17.2 Å². The van der Waals surface area contributed by atoms with Gasteiger partial charge in [-0.05, 0) is 12.1 Å². The summed E-state index contributed by atoms with van der Waals surface area (Å²) in [7, 11) is 0. The number of hydrogen-bond donors (Lipinski definition) is 0. The zero-order valence-corrected chi connectivity index (χ0v) is 9.18. The molecular formula is C12H13N3O. The van der Waals surface area contributed by atoms with Crippen LogP contribution in [0.1, 0.15) is 18.9 Å². The average Bonchev–Trinajstić information content (AvgIpc) is 2.32. The Labute approximate surface area is 94.5 Å². The Hall–Kier alpha value is -1.89. The highest BCUT2D eigenvalue weighted by atomic mass is 16.1. The molecule has 0 N–H and O–H groups in total. The molecule has 2 rings (SSSR count). The van der Waals surface area contributed by atoms with E-state index in [1.807, 2.05) is 11.8 Å². The minimum atomic E-state index is 0.0299. The first-order valence-electron chi connectivity index (χ1n) is 5.35. The van der Waals surface area contributed by atoms with Gasteiger partial charge < -0.3 is 4.90 Å². The van der Waals surface area contributed by atoms with Gasteiger partial charge in [0.1, 0.15) is 17.7 Å². The molecule has 1 atom stereocenters. The fraction of sp³-hybridized carbons (Fsp3) is 0.417. The Morgan fingerprint density at radius 1 is 1.62 bits per heavy atom. The molecule has 0 aromatic carbocycles. The number of aromatic nitrogens is 1. The number of Topliss-reactive ketones (excluding diaryl/α,β-unsaturated/α-hetero) is 1. The van der Waals surface area contributed by atoms with Gasteiger partial charge in [-0.3, -0.25) is 4.79 Å². The molecule has 0 aliphatic carbocycles. The predicted molar refractivity (Wildman–Crippen MR) is 60.0 cm³/mol. The Bertz CT molecular complexity index is 450. The van der Waals surface area contributed by atoms with Gasteiger partial charge in [-0.2, -0.15) is 5.26 Å². The predicted octanol–water partition coefficient (Wildman–Crippen LogP) is 1.37. The molecule has 1 fully saturated rings. The van der Waals surface area contributed by atoms with Gasteiger partial charge in [0.25, 0.3) is 0 Å². The maximum absolute atomic E-state index is 11.4. The molecule has 0 bridgehead atoms. The number of piperidine rings is 1. The number of carbonyl (C=O) groups is 1. The molecule has 1 unspecified atom stereocenters. The van der Waals surface area contributed by atoms with Gasteiger partial charge >= 0.3 is 0 Å². The summed E-state index contributed by atoms with van der Waals surface area (Å²) in [5.74, 6) is 1.03. The number of nitrogens with zero attached hydrogens (tertiary/aromatic N) is 3. The Morgan fingerprint density at radius 3 is 3.12 bits per heavy atom. The van der Waals surface area contributed by atoms with Crippen molar-refractivity contribution >= 4 is 11.6 Å². The summed E-state index contributed by atoms with van der Waals surface area (Å²) < 4.78 is 0. The summed E-state index contributed by atoms with van der Waals surface area (Å²) in [6, 6.07) is 5.63. The van der Waals surface area contributed by atoms with Gasteiger partial charge in [-0.25, -0.2) is 4.98 Å². The monoisotopic (exact) mass is 215 g/mol. The molecule has 1 aliphatic rings. The highest BCUT2D eigenvalue weighted by molar-refractivity contribution is 5.83. The minimum absolute atomic E-state index is 0.0299. The van der Waals surface area contributed by atoms with Crippen molar-refractivity contribution in [3.63, 3.8) is 0 Å². The van der Waals surface area contributed by atoms with Crippen molar-refractivity contribution in [2.45, 2.75) is 13.3 Å². The van der Waals surface area contributed by atoms with Gasteiger partial charge in [0.05, 0.1) is 5.56 Å². The lowest BCUT2D eigenvalue weighted by atomic mass is 9.98. The zero-order valence-electron chi connectivity index (χ0n) is 9.18. The standard InChI is InChI=1S/C12H13N3O/c1-9-8-15(6-4-11(9)16)12-10(7-13)3-2-5-14-12/h2-3,5,9H,4,6,8H2,1H3. The highest BCUT2D eigenvalue weighted by Crippen LogP contribution is 2.21. The van der Waals surface area contributed by atoms with E-state index >= 15 is 0 Å². The lowest BCUT2D eigenvalue weighted by molar-refractivity contribution is -0.122. The van der Waals surface area contributed by atoms with Gasteiger partial charge in [0.15, 0.2) is 0 Å². The fourth-order valence-corrected chi connectivity index (χ4v) is 1.94. The van der Waals surface area contributed by atoms with Crippen molar-refractivity contribution in [2.75, 3.05) is 18.0 Å².